The summed E-state index contributed by atoms with van der Waals surface area (Å²) in [6.07, 6.45) is 10.3. The van der Waals surface area contributed by atoms with Crippen LogP contribution in [0.1, 0.15) is 42.0 Å². The number of carbonyl (C=O) groups excluding carboxylic acids is 1. The van der Waals surface area contributed by atoms with E-state index in [4.69, 9.17) is 44.0 Å². The molecule has 5 aromatic rings. The maximum atomic E-state index is 12.7. The number of hydrogen-bond donors (Lipinski definition) is 3. The molecule has 21 heteroatoms. The van der Waals surface area contributed by atoms with E-state index in [1.807, 2.05) is 48.6 Å². The molecule has 5 heterocycles. The van der Waals surface area contributed by atoms with E-state index in [0.29, 0.717) is 37.2 Å². The predicted octanol–water partition coefficient (Wildman–Crippen LogP) is 6.32. The Hall–Kier alpha value is -7.06. The Balaban J connectivity index is 0.000000235. The molecule has 0 saturated carbocycles. The third kappa shape index (κ3) is 11.2. The zero-order valence-corrected chi connectivity index (χ0v) is 30.4. The van der Waals surface area contributed by atoms with Crippen LogP contribution in [-0.4, -0.2) is 60.3 Å². The van der Waals surface area contributed by atoms with Gasteiger partial charge in [-0.25, -0.2) is 9.59 Å². The van der Waals surface area contributed by atoms with Gasteiger partial charge in [0.15, 0.2) is 11.5 Å². The number of amides is 1. The molecule has 57 heavy (non-hydrogen) atoms. The van der Waals surface area contributed by atoms with Crippen molar-refractivity contribution < 1.29 is 42.2 Å². The van der Waals surface area contributed by atoms with Crippen LogP contribution >= 0.6 is 0 Å². The lowest BCUT2D eigenvalue weighted by atomic mass is 10.1. The minimum atomic E-state index is -0.781. The van der Waals surface area contributed by atoms with Crippen LogP contribution in [0.4, 0.5) is 46.2 Å². The molecular formula is C36H38F4N10O7. The smallest absolute Gasteiger partial charge is 0.415 e. The number of aromatic nitrogens is 6. The minimum absolute atomic E-state index is 0.00706. The first-order valence-corrected chi connectivity index (χ1v) is 17.2. The average molecular weight is 799 g/mol. The first kappa shape index (κ1) is 42.7. The number of imidazole rings is 1. The lowest BCUT2D eigenvalue weighted by Gasteiger charge is -2.22. The van der Waals surface area contributed by atoms with Crippen LogP contribution in [-0.2, 0) is 30.7 Å². The van der Waals surface area contributed by atoms with Crippen molar-refractivity contribution >= 4 is 40.4 Å². The zero-order chi connectivity index (χ0) is 41.3. The van der Waals surface area contributed by atoms with Gasteiger partial charge in [-0.3, -0.25) is 19.6 Å². The monoisotopic (exact) mass is 798 g/mol. The van der Waals surface area contributed by atoms with Crippen molar-refractivity contribution in [1.82, 2.24) is 29.5 Å². The first-order valence-electron chi connectivity index (χ1n) is 17.2. The molecule has 2 aromatic carbocycles. The van der Waals surface area contributed by atoms with Gasteiger partial charge in [-0.15, -0.1) is 0 Å². The Morgan fingerprint density at radius 2 is 1.39 bits per heavy atom. The summed E-state index contributed by atoms with van der Waals surface area (Å²) in [5.74, 6) is -0.447. The van der Waals surface area contributed by atoms with Gasteiger partial charge in [-0.1, -0.05) is 72.8 Å². The number of rotatable bonds is 2. The molecule has 2 aliphatic heterocycles. The summed E-state index contributed by atoms with van der Waals surface area (Å²) in [4.78, 5) is 56.1. The molecule has 8 bridgehead atoms. The van der Waals surface area contributed by atoms with Crippen LogP contribution in [0.3, 0.4) is 0 Å². The van der Waals surface area contributed by atoms with Crippen molar-refractivity contribution in [3.8, 4) is 12.0 Å². The highest BCUT2D eigenvalue weighted by atomic mass is 20.0. The molecule has 1 amide bonds. The second kappa shape index (κ2) is 21.1. The molecule has 0 radical (unpaired) electrons. The maximum absolute atomic E-state index is 12.7. The van der Waals surface area contributed by atoms with E-state index in [9.17, 15) is 19.7 Å². The second-order valence-corrected chi connectivity index (χ2v) is 12.0. The van der Waals surface area contributed by atoms with Gasteiger partial charge in [0.2, 0.25) is 11.6 Å². The van der Waals surface area contributed by atoms with Gasteiger partial charge >= 0.3 is 29.5 Å². The Labute approximate surface area is 321 Å². The normalized spacial score (nSPS) is 14.5. The molecular weight excluding hydrogens is 760 g/mol. The Morgan fingerprint density at radius 3 is 1.96 bits per heavy atom. The van der Waals surface area contributed by atoms with Crippen molar-refractivity contribution in [2.75, 3.05) is 36.2 Å². The minimum Gasteiger partial charge on any atom is -0.463 e. The molecule has 0 atom stereocenters. The average Bonchev–Trinajstić information content (AvgIpc) is 3.52. The number of nitrogens with two attached hydrogens (primary N) is 2. The maximum Gasteiger partial charge on any atom is 0.415 e. The van der Waals surface area contributed by atoms with E-state index in [1.165, 1.54) is 5.56 Å². The van der Waals surface area contributed by atoms with Crippen LogP contribution in [0.2, 0.25) is 0 Å². The second-order valence-electron chi connectivity index (χ2n) is 12.0. The largest absolute Gasteiger partial charge is 0.463 e. The summed E-state index contributed by atoms with van der Waals surface area (Å²) in [5.41, 5.74) is 15.8. The molecule has 2 aliphatic rings. The van der Waals surface area contributed by atoms with Gasteiger partial charge < -0.3 is 30.7 Å². The van der Waals surface area contributed by atoms with Crippen LogP contribution in [0.5, 0.6) is 12.0 Å². The zero-order valence-electron chi connectivity index (χ0n) is 30.4. The van der Waals surface area contributed by atoms with E-state index in [-0.39, 0.29) is 54.9 Å². The van der Waals surface area contributed by atoms with Crippen LogP contribution in [0.25, 0.3) is 11.2 Å². The van der Waals surface area contributed by atoms with Gasteiger partial charge in [0, 0.05) is 18.3 Å². The molecule has 0 saturated heterocycles. The fourth-order valence-corrected chi connectivity index (χ4v) is 5.72. The predicted molar refractivity (Wildman–Crippen MR) is 201 cm³/mol. The summed E-state index contributed by atoms with van der Waals surface area (Å²) in [5, 5.41) is 11.6. The summed E-state index contributed by atoms with van der Waals surface area (Å²) in [7, 11) is 0. The fraction of sp³-hybridized carbons (Fsp3) is 0.278. The number of hydrogen-bond acceptors (Lipinski definition) is 13. The van der Waals surface area contributed by atoms with Gasteiger partial charge in [0.1, 0.15) is 5.52 Å². The van der Waals surface area contributed by atoms with Crippen LogP contribution < -0.4 is 31.5 Å². The van der Waals surface area contributed by atoms with E-state index in [2.05, 4.69) is 49.2 Å². The fourth-order valence-electron chi connectivity index (χ4n) is 5.72. The van der Waals surface area contributed by atoms with E-state index < -0.39 is 16.7 Å². The number of nitrogens with zero attached hydrogens (tertiary/aromatic N) is 7. The lowest BCUT2D eigenvalue weighted by Crippen LogP contribution is -2.33. The molecule has 0 fully saturated rings. The Morgan fingerprint density at radius 1 is 0.842 bits per heavy atom. The van der Waals surface area contributed by atoms with Crippen LogP contribution in [0, 0.1) is 10.1 Å². The van der Waals surface area contributed by atoms with Crippen LogP contribution in [0.15, 0.2) is 77.6 Å². The van der Waals surface area contributed by atoms with Crippen molar-refractivity contribution in [3.63, 3.8) is 0 Å². The number of fused-ring (bicyclic) bond motifs is 7. The highest BCUT2D eigenvalue weighted by Crippen LogP contribution is 2.34. The van der Waals surface area contributed by atoms with E-state index >= 15 is 0 Å². The molecule has 0 unspecified atom stereocenters. The number of nitro groups is 1. The number of allylic oxidation sites excluding steroid dienone is 2. The first-order chi connectivity index (χ1) is 27.7. The number of aromatic amines is 1. The number of ether oxygens (including phenoxy) is 3. The van der Waals surface area contributed by atoms with Crippen molar-refractivity contribution in [1.29, 1.82) is 0 Å². The number of anilines is 3. The standard InChI is InChI=1S/C19H21N5O5.C17H17N5O2.2F2/c1-2-28-19(25)23-12-14-9-6-8-13(11-14)7-4-3-5-10-29-18-21-16(20)15(24(26)27)17(23)22-18;18-14-13-15-21-16(20-14)24-8-3-1-2-5-11-6-4-7-12(9-11)10-22(15)17(23)19-13;2*1-2/h3-4,6,8-9,11H,2,5,7,10,12H2,1H3,(H2,20,21,22);1-2,4,6-7,9H,3,5,8,10H2,(H,19,23)(H2,18,20,21);;/b4-3+;2-1+;;. The van der Waals surface area contributed by atoms with E-state index in [1.54, 1.807) is 11.5 Å². The molecule has 302 valence electrons. The highest BCUT2D eigenvalue weighted by Gasteiger charge is 2.32. The van der Waals surface area contributed by atoms with Gasteiger partial charge in [-0.05, 0) is 54.9 Å². The molecule has 17 nitrogen and oxygen atoms in total. The van der Waals surface area contributed by atoms with Gasteiger partial charge in [-0.2, -0.15) is 19.9 Å². The molecule has 0 spiro atoms. The lowest BCUT2D eigenvalue weighted by molar-refractivity contribution is -0.383. The number of carbonyl (C=O) groups is 1. The quantitative estimate of drug-likeness (QED) is 0.0769. The summed E-state index contributed by atoms with van der Waals surface area (Å²) < 4.78 is 49.7. The molecule has 3 aromatic heterocycles. The van der Waals surface area contributed by atoms with Crippen molar-refractivity contribution in [3.05, 3.63) is 116 Å². The number of halogens is 4. The number of benzene rings is 2. The summed E-state index contributed by atoms with van der Waals surface area (Å²) in [6.45, 7) is 2.87. The third-order valence-electron chi connectivity index (χ3n) is 8.16. The van der Waals surface area contributed by atoms with Crippen molar-refractivity contribution in [2.24, 2.45) is 0 Å². The van der Waals surface area contributed by atoms with E-state index in [0.717, 1.165) is 34.4 Å². The number of nitrogens with one attached hydrogen (secondary N) is 1. The molecule has 5 N–H and O–H groups in total. The summed E-state index contributed by atoms with van der Waals surface area (Å²) in [6, 6.07) is 15.8. The van der Waals surface area contributed by atoms with Crippen molar-refractivity contribution in [2.45, 2.75) is 45.7 Å². The van der Waals surface area contributed by atoms with Gasteiger partial charge in [0.25, 0.3) is 0 Å². The molecule has 0 aliphatic carbocycles. The Bertz CT molecular complexity index is 2270. The number of nitrogen functional groups attached to an aromatic ring is 2. The third-order valence-corrected chi connectivity index (χ3v) is 8.16. The number of H-pyrrole nitrogens is 1. The summed E-state index contributed by atoms with van der Waals surface area (Å²) >= 11 is 0. The molecule has 7 rings (SSSR count). The van der Waals surface area contributed by atoms with Gasteiger partial charge in [0.05, 0.1) is 37.8 Å². The Kier molecular flexibility index (Phi) is 15.8. The highest BCUT2D eigenvalue weighted by molar-refractivity contribution is 5.90. The topological polar surface area (TPSA) is 233 Å². The SMILES string of the molecule is CCOC(=O)N1Cc2cccc(c2)C/C=C/CCOc2nc(N)c([N+](=O)[O-])c1n2.FF.FF.Nc1nc2nc3c1[nH]c(=O)n3Cc1cccc(c1)C/C=C/CCO2.